The Labute approximate surface area is 123 Å². The third-order valence-corrected chi connectivity index (χ3v) is 4.44. The maximum Gasteiger partial charge on any atom is 0.271 e. The average Bonchev–Trinajstić information content (AvgIpc) is 2.90. The summed E-state index contributed by atoms with van der Waals surface area (Å²) in [6.07, 6.45) is 1.48. The van der Waals surface area contributed by atoms with Crippen LogP contribution in [0.5, 0.6) is 0 Å². The van der Waals surface area contributed by atoms with Crippen molar-refractivity contribution in [1.82, 2.24) is 4.90 Å². The lowest BCUT2D eigenvalue weighted by Gasteiger charge is -2.16. The maximum absolute atomic E-state index is 14.2. The van der Waals surface area contributed by atoms with E-state index < -0.39 is 41.8 Å². The molecule has 1 heterocycles. The largest absolute Gasteiger partial charge is 0.339 e. The number of halogens is 2. The van der Waals surface area contributed by atoms with Crippen molar-refractivity contribution in [2.45, 2.75) is 17.7 Å². The molecule has 0 aromatic heterocycles. The van der Waals surface area contributed by atoms with Crippen molar-refractivity contribution in [3.05, 3.63) is 33.6 Å². The highest BCUT2D eigenvalue weighted by atomic mass is 35.7. The number of carbonyl (C=O) groups is 1. The summed E-state index contributed by atoms with van der Waals surface area (Å²) in [5.74, 6) is -2.15. The zero-order valence-electron chi connectivity index (χ0n) is 10.6. The fraction of sp³-hybridized carbons (Fsp3) is 0.364. The molecule has 0 N–H and O–H groups in total. The Balaban J connectivity index is 2.61. The van der Waals surface area contributed by atoms with Gasteiger partial charge in [-0.3, -0.25) is 14.9 Å². The Bertz CT molecular complexity index is 716. The summed E-state index contributed by atoms with van der Waals surface area (Å²) in [4.78, 5) is 22.3. The van der Waals surface area contributed by atoms with Gasteiger partial charge in [-0.25, -0.2) is 12.8 Å². The summed E-state index contributed by atoms with van der Waals surface area (Å²) >= 11 is 0. The zero-order valence-corrected chi connectivity index (χ0v) is 12.2. The molecular weight excluding hydrogens is 327 g/mol. The molecule has 1 saturated heterocycles. The van der Waals surface area contributed by atoms with E-state index in [1.54, 1.807) is 0 Å². The number of hydrogen-bond donors (Lipinski definition) is 0. The van der Waals surface area contributed by atoms with E-state index in [1.807, 2.05) is 0 Å². The normalized spacial score (nSPS) is 15.2. The van der Waals surface area contributed by atoms with Gasteiger partial charge >= 0.3 is 0 Å². The summed E-state index contributed by atoms with van der Waals surface area (Å²) < 4.78 is 36.8. The predicted octanol–water partition coefficient (Wildman–Crippen LogP) is 1.90. The van der Waals surface area contributed by atoms with Gasteiger partial charge in [0.05, 0.1) is 10.5 Å². The van der Waals surface area contributed by atoms with E-state index in [0.717, 1.165) is 18.9 Å². The molecule has 1 aliphatic rings. The van der Waals surface area contributed by atoms with E-state index in [4.69, 9.17) is 10.7 Å². The summed E-state index contributed by atoms with van der Waals surface area (Å²) in [6, 6.07) is 1.22. The third kappa shape index (κ3) is 3.13. The maximum atomic E-state index is 14.2. The number of nitro groups is 1. The Morgan fingerprint density at radius 3 is 2.38 bits per heavy atom. The minimum atomic E-state index is -4.55. The second-order valence-electron chi connectivity index (χ2n) is 4.50. The molecule has 1 aromatic carbocycles. The van der Waals surface area contributed by atoms with Crippen LogP contribution in [0.3, 0.4) is 0 Å². The van der Waals surface area contributed by atoms with Crippen LogP contribution in [0.25, 0.3) is 0 Å². The summed E-state index contributed by atoms with van der Waals surface area (Å²) in [7, 11) is 0.515. The number of likely N-dealkylation sites (tertiary alicyclic amines) is 1. The Morgan fingerprint density at radius 2 is 1.90 bits per heavy atom. The van der Waals surface area contributed by atoms with Crippen LogP contribution in [-0.2, 0) is 9.05 Å². The highest BCUT2D eigenvalue weighted by molar-refractivity contribution is 8.13. The molecule has 2 rings (SSSR count). The first-order chi connectivity index (χ1) is 9.71. The zero-order chi connectivity index (χ0) is 15.8. The van der Waals surface area contributed by atoms with E-state index in [9.17, 15) is 27.7 Å². The summed E-state index contributed by atoms with van der Waals surface area (Å²) in [5.41, 5.74) is -1.37. The number of nitrogens with zero attached hydrogens (tertiary/aromatic N) is 2. The van der Waals surface area contributed by atoms with E-state index in [0.29, 0.717) is 19.2 Å². The molecule has 1 aromatic rings. The number of hydrogen-bond acceptors (Lipinski definition) is 5. The molecule has 1 aliphatic heterocycles. The molecule has 1 fully saturated rings. The molecule has 114 valence electrons. The van der Waals surface area contributed by atoms with Gasteiger partial charge in [-0.1, -0.05) is 0 Å². The van der Waals surface area contributed by atoms with Crippen LogP contribution in [0.4, 0.5) is 10.1 Å². The van der Waals surface area contributed by atoms with Gasteiger partial charge in [-0.2, -0.15) is 0 Å². The Hall–Kier alpha value is -1.74. The number of amides is 1. The smallest absolute Gasteiger partial charge is 0.271 e. The highest BCUT2D eigenvalue weighted by Crippen LogP contribution is 2.28. The Kier molecular flexibility index (Phi) is 4.15. The molecule has 0 atom stereocenters. The van der Waals surface area contributed by atoms with Crippen LogP contribution in [-0.4, -0.2) is 37.2 Å². The van der Waals surface area contributed by atoms with Crippen molar-refractivity contribution in [2.24, 2.45) is 0 Å². The first kappa shape index (κ1) is 15.6. The molecule has 0 aliphatic carbocycles. The monoisotopic (exact) mass is 336 g/mol. The number of carbonyl (C=O) groups excluding carboxylic acids is 1. The topological polar surface area (TPSA) is 97.6 Å². The average molecular weight is 337 g/mol. The number of rotatable bonds is 3. The van der Waals surface area contributed by atoms with Gasteiger partial charge in [-0.15, -0.1) is 0 Å². The van der Waals surface area contributed by atoms with E-state index >= 15 is 0 Å². The second-order valence-corrected chi connectivity index (χ2v) is 7.03. The van der Waals surface area contributed by atoms with Crippen LogP contribution in [0.2, 0.25) is 0 Å². The standard InChI is InChI=1S/C11H10ClFN2O5S/c12-21(19,20)9-6-7(15(17)18)5-8(10(9)13)11(16)14-3-1-2-4-14/h5-6H,1-4H2. The lowest BCUT2D eigenvalue weighted by Crippen LogP contribution is -2.28. The Morgan fingerprint density at radius 1 is 1.33 bits per heavy atom. The predicted molar refractivity (Wildman–Crippen MR) is 71.2 cm³/mol. The van der Waals surface area contributed by atoms with Crippen molar-refractivity contribution in [2.75, 3.05) is 13.1 Å². The van der Waals surface area contributed by atoms with Gasteiger partial charge in [0.2, 0.25) is 0 Å². The number of benzene rings is 1. The van der Waals surface area contributed by atoms with Crippen molar-refractivity contribution in [3.63, 3.8) is 0 Å². The van der Waals surface area contributed by atoms with Gasteiger partial charge in [-0.05, 0) is 12.8 Å². The number of nitro benzene ring substituents is 1. The lowest BCUT2D eigenvalue weighted by molar-refractivity contribution is -0.385. The molecule has 10 heteroatoms. The van der Waals surface area contributed by atoms with Crippen LogP contribution in [0.15, 0.2) is 17.0 Å². The van der Waals surface area contributed by atoms with Gasteiger partial charge in [0.1, 0.15) is 4.90 Å². The third-order valence-electron chi connectivity index (χ3n) is 3.12. The molecule has 0 bridgehead atoms. The SMILES string of the molecule is O=C(c1cc([N+](=O)[O-])cc(S(=O)(=O)Cl)c1F)N1CCCC1. The van der Waals surface area contributed by atoms with Gasteiger partial charge in [0.25, 0.3) is 20.6 Å². The van der Waals surface area contributed by atoms with Crippen molar-refractivity contribution in [3.8, 4) is 0 Å². The molecule has 7 nitrogen and oxygen atoms in total. The van der Waals surface area contributed by atoms with Crippen LogP contribution in [0, 0.1) is 15.9 Å². The first-order valence-electron chi connectivity index (χ1n) is 5.93. The molecular formula is C11H10ClFN2O5S. The van der Waals surface area contributed by atoms with Crippen molar-refractivity contribution < 1.29 is 22.5 Å². The van der Waals surface area contributed by atoms with Crippen LogP contribution < -0.4 is 0 Å². The minimum absolute atomic E-state index is 0.393. The van der Waals surface area contributed by atoms with Gasteiger partial charge < -0.3 is 4.90 Å². The fourth-order valence-corrected chi connectivity index (χ4v) is 3.03. The molecule has 0 unspecified atom stereocenters. The quantitative estimate of drug-likeness (QED) is 0.477. The van der Waals surface area contributed by atoms with Gasteiger partial charge in [0.15, 0.2) is 5.82 Å². The van der Waals surface area contributed by atoms with Crippen molar-refractivity contribution >= 4 is 31.3 Å². The first-order valence-corrected chi connectivity index (χ1v) is 8.24. The second kappa shape index (κ2) is 5.57. The summed E-state index contributed by atoms with van der Waals surface area (Å²) in [6.45, 7) is 0.786. The number of non-ortho nitro benzene ring substituents is 1. The van der Waals surface area contributed by atoms with Crippen LogP contribution >= 0.6 is 10.7 Å². The van der Waals surface area contributed by atoms with E-state index in [2.05, 4.69) is 0 Å². The molecule has 0 spiro atoms. The molecule has 21 heavy (non-hydrogen) atoms. The molecule has 0 saturated carbocycles. The minimum Gasteiger partial charge on any atom is -0.339 e. The van der Waals surface area contributed by atoms with E-state index in [-0.39, 0.29) is 0 Å². The highest BCUT2D eigenvalue weighted by Gasteiger charge is 2.30. The molecule has 1 amide bonds. The van der Waals surface area contributed by atoms with E-state index in [1.165, 1.54) is 4.90 Å². The van der Waals surface area contributed by atoms with Crippen LogP contribution in [0.1, 0.15) is 23.2 Å². The van der Waals surface area contributed by atoms with Gasteiger partial charge in [0, 0.05) is 35.9 Å². The lowest BCUT2D eigenvalue weighted by atomic mass is 10.1. The molecule has 0 radical (unpaired) electrons. The summed E-state index contributed by atoms with van der Waals surface area (Å²) in [5, 5.41) is 10.8. The van der Waals surface area contributed by atoms with Crippen molar-refractivity contribution in [1.29, 1.82) is 0 Å². The fourth-order valence-electron chi connectivity index (χ4n) is 2.11.